The molecule has 1 atom stereocenters. The zero-order valence-electron chi connectivity index (χ0n) is 13.0. The van der Waals surface area contributed by atoms with E-state index < -0.39 is 0 Å². The number of nitrogens with one attached hydrogen (secondary N) is 1. The number of anilines is 1. The van der Waals surface area contributed by atoms with Crippen LogP contribution in [0.3, 0.4) is 0 Å². The molecule has 0 saturated heterocycles. The molecule has 2 rings (SSSR count). The molecule has 0 amide bonds. The third-order valence-corrected chi connectivity index (χ3v) is 3.99. The van der Waals surface area contributed by atoms with Gasteiger partial charge in [-0.1, -0.05) is 20.3 Å². The zero-order valence-corrected chi connectivity index (χ0v) is 13.0. The van der Waals surface area contributed by atoms with Gasteiger partial charge in [0.15, 0.2) is 0 Å². The number of hydrogen-bond acceptors (Lipinski definition) is 4. The minimum absolute atomic E-state index is 0.0681. The Morgan fingerprint density at radius 3 is 2.81 bits per heavy atom. The van der Waals surface area contributed by atoms with Crippen LogP contribution in [0, 0.1) is 15.5 Å². The van der Waals surface area contributed by atoms with Gasteiger partial charge in [0.25, 0.3) is 5.69 Å². The quantitative estimate of drug-likeness (QED) is 0.646. The number of ether oxygens (including phenoxy) is 1. The summed E-state index contributed by atoms with van der Waals surface area (Å²) in [6, 6.07) is 5.27. The maximum absolute atomic E-state index is 11.0. The van der Waals surface area contributed by atoms with Crippen molar-refractivity contribution in [2.24, 2.45) is 5.41 Å². The van der Waals surface area contributed by atoms with Gasteiger partial charge in [-0.25, -0.2) is 0 Å². The normalized spacial score (nSPS) is 20.8. The van der Waals surface area contributed by atoms with Crippen molar-refractivity contribution in [2.45, 2.75) is 52.5 Å². The Bertz CT molecular complexity index is 514. The Labute approximate surface area is 125 Å². The number of hydrogen-bond donors (Lipinski definition) is 1. The summed E-state index contributed by atoms with van der Waals surface area (Å²) in [5, 5.41) is 14.5. The van der Waals surface area contributed by atoms with Gasteiger partial charge in [0.1, 0.15) is 5.75 Å². The number of benzene rings is 1. The highest BCUT2D eigenvalue weighted by Gasteiger charge is 2.28. The van der Waals surface area contributed by atoms with E-state index in [9.17, 15) is 10.1 Å². The van der Waals surface area contributed by atoms with E-state index >= 15 is 0 Å². The van der Waals surface area contributed by atoms with Crippen molar-refractivity contribution in [3.63, 3.8) is 0 Å². The van der Waals surface area contributed by atoms with Crippen LogP contribution < -0.4 is 10.1 Å². The summed E-state index contributed by atoms with van der Waals surface area (Å²) in [4.78, 5) is 10.7. The lowest BCUT2D eigenvalue weighted by Gasteiger charge is -2.36. The standard InChI is InChI=1S/C16H24N2O3/c1-4-21-15-9-13(8-14(10-15)18(19)20)17-12-6-5-7-16(2,3)11-12/h8-10,12,17H,4-7,11H2,1-3H3. The van der Waals surface area contributed by atoms with Crippen LogP contribution in [0.5, 0.6) is 5.75 Å². The Morgan fingerprint density at radius 1 is 1.43 bits per heavy atom. The van der Waals surface area contributed by atoms with Crippen molar-refractivity contribution in [3.05, 3.63) is 28.3 Å². The Morgan fingerprint density at radius 2 is 2.19 bits per heavy atom. The second-order valence-corrected chi connectivity index (χ2v) is 6.51. The average Bonchev–Trinajstić information content (AvgIpc) is 2.37. The first-order chi connectivity index (χ1) is 9.89. The third kappa shape index (κ3) is 4.34. The fourth-order valence-electron chi connectivity index (χ4n) is 3.08. The Hall–Kier alpha value is -1.78. The Balaban J connectivity index is 2.16. The van der Waals surface area contributed by atoms with Crippen LogP contribution in [0.25, 0.3) is 0 Å². The smallest absolute Gasteiger partial charge is 0.275 e. The molecule has 1 aliphatic carbocycles. The number of nitrogens with zero attached hydrogens (tertiary/aromatic N) is 1. The van der Waals surface area contributed by atoms with Gasteiger partial charge in [-0.2, -0.15) is 0 Å². The van der Waals surface area contributed by atoms with Crippen LogP contribution in [0.15, 0.2) is 18.2 Å². The lowest BCUT2D eigenvalue weighted by molar-refractivity contribution is -0.384. The van der Waals surface area contributed by atoms with E-state index in [1.165, 1.54) is 18.9 Å². The SMILES string of the molecule is CCOc1cc(NC2CCCC(C)(C)C2)cc([N+](=O)[O-])c1. The molecule has 0 aliphatic heterocycles. The van der Waals surface area contributed by atoms with Crippen LogP contribution in [0.4, 0.5) is 11.4 Å². The topological polar surface area (TPSA) is 64.4 Å². The van der Waals surface area contributed by atoms with Crippen molar-refractivity contribution in [1.29, 1.82) is 0 Å². The minimum Gasteiger partial charge on any atom is -0.494 e. The summed E-state index contributed by atoms with van der Waals surface area (Å²) in [6.45, 7) is 6.92. The predicted octanol–water partition coefficient (Wildman–Crippen LogP) is 4.37. The molecule has 5 nitrogen and oxygen atoms in total. The van der Waals surface area contributed by atoms with Gasteiger partial charge in [0.2, 0.25) is 0 Å². The van der Waals surface area contributed by atoms with E-state index in [-0.39, 0.29) is 10.6 Å². The fraction of sp³-hybridized carbons (Fsp3) is 0.625. The summed E-state index contributed by atoms with van der Waals surface area (Å²) in [5.74, 6) is 0.546. The molecule has 1 aromatic carbocycles. The Kier molecular flexibility index (Phi) is 4.70. The van der Waals surface area contributed by atoms with E-state index in [0.717, 1.165) is 18.5 Å². The third-order valence-electron chi connectivity index (χ3n) is 3.99. The lowest BCUT2D eigenvalue weighted by Crippen LogP contribution is -2.31. The van der Waals surface area contributed by atoms with Gasteiger partial charge in [0, 0.05) is 23.9 Å². The van der Waals surface area contributed by atoms with E-state index in [1.54, 1.807) is 6.07 Å². The molecular formula is C16H24N2O3. The van der Waals surface area contributed by atoms with Gasteiger partial charge in [0.05, 0.1) is 17.6 Å². The van der Waals surface area contributed by atoms with E-state index in [0.29, 0.717) is 23.8 Å². The molecule has 116 valence electrons. The predicted molar refractivity (Wildman–Crippen MR) is 83.9 cm³/mol. The molecule has 1 N–H and O–H groups in total. The number of nitro groups is 1. The van der Waals surface area contributed by atoms with Crippen LogP contribution >= 0.6 is 0 Å². The molecule has 0 heterocycles. The van der Waals surface area contributed by atoms with Crippen molar-refractivity contribution < 1.29 is 9.66 Å². The second-order valence-electron chi connectivity index (χ2n) is 6.51. The van der Waals surface area contributed by atoms with Crippen molar-refractivity contribution in [3.8, 4) is 5.75 Å². The summed E-state index contributed by atoms with van der Waals surface area (Å²) >= 11 is 0. The molecule has 1 fully saturated rings. The first-order valence-corrected chi connectivity index (χ1v) is 7.58. The van der Waals surface area contributed by atoms with Gasteiger partial charge >= 0.3 is 0 Å². The van der Waals surface area contributed by atoms with Crippen molar-refractivity contribution in [2.75, 3.05) is 11.9 Å². The highest BCUT2D eigenvalue weighted by molar-refractivity contribution is 5.56. The monoisotopic (exact) mass is 292 g/mol. The molecule has 5 heteroatoms. The molecule has 0 bridgehead atoms. The lowest BCUT2D eigenvalue weighted by atomic mass is 9.75. The summed E-state index contributed by atoms with van der Waals surface area (Å²) < 4.78 is 5.42. The van der Waals surface area contributed by atoms with Gasteiger partial charge in [-0.05, 0) is 31.6 Å². The highest BCUT2D eigenvalue weighted by Crippen LogP contribution is 2.37. The number of non-ortho nitro benzene ring substituents is 1. The molecule has 1 aliphatic rings. The molecule has 0 spiro atoms. The first-order valence-electron chi connectivity index (χ1n) is 7.58. The molecule has 0 aromatic heterocycles. The zero-order chi connectivity index (χ0) is 15.5. The molecule has 21 heavy (non-hydrogen) atoms. The molecule has 1 unspecified atom stereocenters. The highest BCUT2D eigenvalue weighted by atomic mass is 16.6. The summed E-state index contributed by atoms with van der Waals surface area (Å²) in [6.07, 6.45) is 4.62. The van der Waals surface area contributed by atoms with Gasteiger partial charge in [-0.3, -0.25) is 10.1 Å². The molecule has 1 aromatic rings. The maximum Gasteiger partial charge on any atom is 0.275 e. The maximum atomic E-state index is 11.0. The molecular weight excluding hydrogens is 268 g/mol. The van der Waals surface area contributed by atoms with Gasteiger partial charge < -0.3 is 10.1 Å². The van der Waals surface area contributed by atoms with Crippen LogP contribution in [0.1, 0.15) is 46.5 Å². The van der Waals surface area contributed by atoms with Crippen molar-refractivity contribution >= 4 is 11.4 Å². The first kappa shape index (κ1) is 15.6. The number of rotatable bonds is 5. The molecule has 1 saturated carbocycles. The van der Waals surface area contributed by atoms with Crippen LogP contribution in [-0.4, -0.2) is 17.6 Å². The van der Waals surface area contributed by atoms with E-state index in [1.807, 2.05) is 13.0 Å². The van der Waals surface area contributed by atoms with Crippen molar-refractivity contribution in [1.82, 2.24) is 0 Å². The van der Waals surface area contributed by atoms with E-state index in [4.69, 9.17) is 4.74 Å². The van der Waals surface area contributed by atoms with Crippen LogP contribution in [0.2, 0.25) is 0 Å². The van der Waals surface area contributed by atoms with Crippen LogP contribution in [-0.2, 0) is 0 Å². The average molecular weight is 292 g/mol. The fourth-order valence-corrected chi connectivity index (χ4v) is 3.08. The second kappa shape index (κ2) is 6.33. The largest absolute Gasteiger partial charge is 0.494 e. The number of nitro benzene ring substituents is 1. The summed E-state index contributed by atoms with van der Waals surface area (Å²) in [7, 11) is 0. The molecule has 0 radical (unpaired) electrons. The minimum atomic E-state index is -0.376. The van der Waals surface area contributed by atoms with Gasteiger partial charge in [-0.15, -0.1) is 0 Å². The summed E-state index contributed by atoms with van der Waals surface area (Å²) in [5.41, 5.74) is 1.17. The van der Waals surface area contributed by atoms with E-state index in [2.05, 4.69) is 19.2 Å².